The van der Waals surface area contributed by atoms with Crippen molar-refractivity contribution in [2.45, 2.75) is 96.4 Å². The molecule has 3 fully saturated rings. The van der Waals surface area contributed by atoms with E-state index in [0.717, 1.165) is 25.7 Å². The number of hydrogen-bond acceptors (Lipinski definition) is 3. The van der Waals surface area contributed by atoms with Gasteiger partial charge in [0.1, 0.15) is 0 Å². The van der Waals surface area contributed by atoms with E-state index < -0.39 is 0 Å². The summed E-state index contributed by atoms with van der Waals surface area (Å²) in [6.45, 7) is 25.4. The van der Waals surface area contributed by atoms with Crippen molar-refractivity contribution in [3.8, 4) is 0 Å². The normalized spacial score (nSPS) is 42.1. The van der Waals surface area contributed by atoms with E-state index >= 15 is 0 Å². The van der Waals surface area contributed by atoms with Crippen molar-refractivity contribution in [2.75, 3.05) is 6.61 Å². The maximum Gasteiger partial charge on any atom is 0.0625 e. The van der Waals surface area contributed by atoms with Crippen molar-refractivity contribution in [3.63, 3.8) is 0 Å². The Kier molecular flexibility index (Phi) is 23.9. The minimum absolute atomic E-state index is 0. The maximum atomic E-state index is 5.65. The van der Waals surface area contributed by atoms with Crippen LogP contribution in [-0.4, -0.2) is 59.4 Å². The molecule has 9 radical (unpaired) electrons. The molecule has 0 bridgehead atoms. The fourth-order valence-corrected chi connectivity index (χ4v) is 4.39. The monoisotopic (exact) mass is 703 g/mol. The second kappa shape index (κ2) is 19.5. The van der Waals surface area contributed by atoms with Gasteiger partial charge in [0.2, 0.25) is 0 Å². The molecule has 3 heterocycles. The molecular formula is C26H43B3O3Y3-6. The summed E-state index contributed by atoms with van der Waals surface area (Å²) >= 11 is 0. The van der Waals surface area contributed by atoms with E-state index in [9.17, 15) is 0 Å². The van der Waals surface area contributed by atoms with Crippen LogP contribution in [-0.2, 0) is 112 Å². The maximum absolute atomic E-state index is 5.65. The van der Waals surface area contributed by atoms with Crippen molar-refractivity contribution in [3.05, 3.63) is 40.0 Å². The predicted octanol–water partition coefficient (Wildman–Crippen LogP) is 4.63. The predicted molar refractivity (Wildman–Crippen MR) is 137 cm³/mol. The molecule has 0 amide bonds. The summed E-state index contributed by atoms with van der Waals surface area (Å²) < 4.78 is 16.4. The molecule has 3 unspecified atom stereocenters. The fourth-order valence-electron chi connectivity index (χ4n) is 4.39. The minimum atomic E-state index is -0.264. The van der Waals surface area contributed by atoms with Crippen molar-refractivity contribution < 1.29 is 112 Å². The first-order chi connectivity index (χ1) is 14.8. The van der Waals surface area contributed by atoms with Crippen molar-refractivity contribution >= 4 is 23.5 Å². The molecule has 0 saturated carbocycles. The summed E-state index contributed by atoms with van der Waals surface area (Å²) in [4.78, 5) is 0. The Morgan fingerprint density at radius 3 is 1.49 bits per heavy atom. The molecule has 0 aromatic rings. The molecular weight excluding hydrogens is 659 g/mol. The zero-order chi connectivity index (χ0) is 24.7. The van der Waals surface area contributed by atoms with Crippen LogP contribution >= 0.6 is 0 Å². The molecule has 3 saturated heterocycles. The average Bonchev–Trinajstić information content (AvgIpc) is 3.19. The van der Waals surface area contributed by atoms with E-state index in [2.05, 4.69) is 68.7 Å². The van der Waals surface area contributed by atoms with E-state index in [0.29, 0.717) is 24.4 Å². The van der Waals surface area contributed by atoms with E-state index in [4.69, 9.17) is 37.7 Å². The Labute approximate surface area is 298 Å². The molecule has 3 aliphatic rings. The van der Waals surface area contributed by atoms with Gasteiger partial charge in [0.15, 0.2) is 0 Å². The fraction of sp³-hybridized carbons (Fsp3) is 0.769. The van der Waals surface area contributed by atoms with Crippen molar-refractivity contribution in [1.29, 1.82) is 0 Å². The van der Waals surface area contributed by atoms with Gasteiger partial charge >= 0.3 is 0 Å². The number of hydrogen-bond donors (Lipinski definition) is 0. The Morgan fingerprint density at radius 1 is 0.743 bits per heavy atom. The molecule has 9 heteroatoms. The van der Waals surface area contributed by atoms with Gasteiger partial charge in [0.05, 0.1) is 23.5 Å². The summed E-state index contributed by atoms with van der Waals surface area (Å²) in [6.07, 6.45) is 9.82. The molecule has 0 aromatic carbocycles. The van der Waals surface area contributed by atoms with Gasteiger partial charge in [-0.15, -0.1) is 11.9 Å². The quantitative estimate of drug-likeness (QED) is 0.316. The summed E-state index contributed by atoms with van der Waals surface area (Å²) in [5.74, 6) is 1.25. The van der Waals surface area contributed by atoms with Gasteiger partial charge < -0.3 is 54.2 Å². The SMILES string of the molecule is [B][C@H]1[CH-][C@@H](C)C([CH2-])(CC)CO1.[B][C@H]1[CH-][C@H](C)C(C[CH2-])(CC)O1.[B][C@H]1[CH-][C@H](C)C([CH2-])(CC)O1.[Y].[Y].[Y]. The molecule has 0 aliphatic carbocycles. The molecule has 3 nitrogen and oxygen atoms in total. The van der Waals surface area contributed by atoms with Crippen molar-refractivity contribution in [1.82, 2.24) is 0 Å². The molecule has 0 aromatic heterocycles. The first kappa shape index (κ1) is 42.8. The van der Waals surface area contributed by atoms with Gasteiger partial charge in [-0.3, -0.25) is 0 Å². The van der Waals surface area contributed by atoms with E-state index in [-0.39, 0.29) is 133 Å². The van der Waals surface area contributed by atoms with Crippen LogP contribution in [0.25, 0.3) is 0 Å². The summed E-state index contributed by atoms with van der Waals surface area (Å²) in [7, 11) is 16.8. The summed E-state index contributed by atoms with van der Waals surface area (Å²) in [6, 6.07) is -0.592. The van der Waals surface area contributed by atoms with Gasteiger partial charge in [0.25, 0.3) is 0 Å². The molecule has 9 atom stereocenters. The molecule has 3 rings (SSSR count). The number of ether oxygens (including phenoxy) is 3. The zero-order valence-electron chi connectivity index (χ0n) is 23.0. The van der Waals surface area contributed by atoms with Crippen LogP contribution < -0.4 is 0 Å². The van der Waals surface area contributed by atoms with E-state index in [1.165, 1.54) is 0 Å². The van der Waals surface area contributed by atoms with Crippen LogP contribution in [0.5, 0.6) is 0 Å². The third-order valence-electron chi connectivity index (χ3n) is 7.69. The smallest absolute Gasteiger partial charge is 0.0625 e. The van der Waals surface area contributed by atoms with Gasteiger partial charge in [-0.25, -0.2) is 0 Å². The average molecular weight is 703 g/mol. The largest absolute Gasteiger partial charge is 0.446 e. The van der Waals surface area contributed by atoms with Gasteiger partial charge in [-0.05, 0) is 6.42 Å². The Morgan fingerprint density at radius 2 is 1.23 bits per heavy atom. The zero-order valence-corrected chi connectivity index (χ0v) is 31.6. The first-order valence-corrected chi connectivity index (χ1v) is 12.1. The molecule has 3 aliphatic heterocycles. The van der Waals surface area contributed by atoms with E-state index in [1.54, 1.807) is 0 Å². The summed E-state index contributed by atoms with van der Waals surface area (Å²) in [5.41, 5.74) is -0.297. The second-order valence-corrected chi connectivity index (χ2v) is 9.69. The molecule has 0 spiro atoms. The molecule has 0 N–H and O–H groups in total. The summed E-state index contributed by atoms with van der Waals surface area (Å²) in [5, 5.41) is 0. The molecule has 35 heavy (non-hydrogen) atoms. The third-order valence-corrected chi connectivity index (χ3v) is 7.69. The minimum Gasteiger partial charge on any atom is -0.446 e. The van der Waals surface area contributed by atoms with E-state index in [1.807, 2.05) is 12.8 Å². The Bertz CT molecular complexity index is 559. The van der Waals surface area contributed by atoms with Crippen LogP contribution in [0, 0.1) is 63.2 Å². The van der Waals surface area contributed by atoms with Crippen LogP contribution in [0.15, 0.2) is 0 Å². The number of rotatable bonds is 4. The van der Waals surface area contributed by atoms with Crippen LogP contribution in [0.3, 0.4) is 0 Å². The first-order valence-electron chi connectivity index (χ1n) is 12.1. The van der Waals surface area contributed by atoms with Crippen LogP contribution in [0.4, 0.5) is 0 Å². The Balaban J connectivity index is -0.000000421. The van der Waals surface area contributed by atoms with Crippen molar-refractivity contribution in [2.24, 2.45) is 23.2 Å². The second-order valence-electron chi connectivity index (χ2n) is 9.69. The van der Waals surface area contributed by atoms with Gasteiger partial charge in [-0.2, -0.15) is 23.7 Å². The third kappa shape index (κ3) is 12.4. The molecule has 189 valence electrons. The van der Waals surface area contributed by atoms with Gasteiger partial charge in [0, 0.05) is 110 Å². The van der Waals surface area contributed by atoms with Gasteiger partial charge in [-0.1, -0.05) is 72.0 Å². The van der Waals surface area contributed by atoms with Crippen LogP contribution in [0.1, 0.15) is 67.2 Å². The topological polar surface area (TPSA) is 27.7 Å². The van der Waals surface area contributed by atoms with Crippen LogP contribution in [0.2, 0.25) is 0 Å². The standard InChI is InChI=1S/2C9H15BO.C8H13BO.3Y/c1-4-9(3)6-11-8(10)5-7(9)2;1-4-9(5-2)7(3)6-8(10)11-9;1-4-8(3)6(2)5-7(9)10-8;;;/h5,7-8H,3-4,6H2,1-2H3;6-8H,1,4-5H2,2-3H3;5-7H,3-4H2,1-2H3;;;/q3*-2;;;/t7-,8-,9?;7-,8+,9?;6-,7+,8?;;;/m100.../s1. The Hall–Kier alpha value is 3.39.